The van der Waals surface area contributed by atoms with Crippen molar-refractivity contribution in [1.29, 1.82) is 5.26 Å². The van der Waals surface area contributed by atoms with Gasteiger partial charge in [-0.2, -0.15) is 5.26 Å². The molecule has 2 rings (SSSR count). The second kappa shape index (κ2) is 9.65. The molecule has 0 bridgehead atoms. The van der Waals surface area contributed by atoms with Crippen LogP contribution in [0.3, 0.4) is 0 Å². The lowest BCUT2D eigenvalue weighted by Crippen LogP contribution is -2.47. The van der Waals surface area contributed by atoms with E-state index in [1.54, 1.807) is 0 Å². The molecule has 0 amide bonds. The van der Waals surface area contributed by atoms with E-state index in [1.165, 1.54) is 6.42 Å². The first-order chi connectivity index (χ1) is 12.1. The van der Waals surface area contributed by atoms with E-state index in [9.17, 15) is 5.26 Å². The van der Waals surface area contributed by atoms with Gasteiger partial charge in [0.25, 0.3) is 0 Å². The number of nitriles is 1. The monoisotopic (exact) mass is 345 g/mol. The second-order valence-corrected chi connectivity index (χ2v) is 6.72. The molecule has 0 saturated carbocycles. The molecule has 5 heteroatoms. The standard InChI is InChI=1S/C20H31N3O2/c1-5-9-22-10-12-23(13-11-22)18(15-21)17-7-8-19(25-16(3)4)20(14-17)24-6-2/h7-8,14,16,18H,5-6,9-13H2,1-4H3. The van der Waals surface area contributed by atoms with Crippen molar-refractivity contribution in [2.24, 2.45) is 0 Å². The molecule has 0 spiro atoms. The van der Waals surface area contributed by atoms with Crippen LogP contribution in [-0.4, -0.2) is 55.2 Å². The first kappa shape index (κ1) is 19.6. The lowest BCUT2D eigenvalue weighted by Gasteiger charge is -2.37. The van der Waals surface area contributed by atoms with Crippen LogP contribution < -0.4 is 9.47 Å². The molecule has 0 aliphatic carbocycles. The van der Waals surface area contributed by atoms with Crippen LogP contribution in [-0.2, 0) is 0 Å². The highest BCUT2D eigenvalue weighted by atomic mass is 16.5. The number of rotatable bonds is 8. The third-order valence-corrected chi connectivity index (χ3v) is 4.38. The predicted octanol–water partition coefficient (Wildman–Crippen LogP) is 3.46. The summed E-state index contributed by atoms with van der Waals surface area (Å²) in [6.07, 6.45) is 1.26. The molecule has 5 nitrogen and oxygen atoms in total. The van der Waals surface area contributed by atoms with Gasteiger partial charge in [-0.05, 0) is 51.4 Å². The molecular formula is C20H31N3O2. The van der Waals surface area contributed by atoms with Crippen LogP contribution in [0, 0.1) is 11.3 Å². The molecule has 1 fully saturated rings. The maximum Gasteiger partial charge on any atom is 0.161 e. The number of nitrogens with zero attached hydrogens (tertiary/aromatic N) is 3. The number of hydrogen-bond donors (Lipinski definition) is 0. The van der Waals surface area contributed by atoms with Crippen LogP contribution >= 0.6 is 0 Å². The topological polar surface area (TPSA) is 48.7 Å². The minimum atomic E-state index is -0.240. The minimum absolute atomic E-state index is 0.0865. The molecule has 0 aromatic heterocycles. The van der Waals surface area contributed by atoms with Crippen molar-refractivity contribution < 1.29 is 9.47 Å². The van der Waals surface area contributed by atoms with Gasteiger partial charge in [0, 0.05) is 26.2 Å². The summed E-state index contributed by atoms with van der Waals surface area (Å²) in [6, 6.07) is 8.12. The van der Waals surface area contributed by atoms with Crippen LogP contribution in [0.25, 0.3) is 0 Å². The van der Waals surface area contributed by atoms with Gasteiger partial charge < -0.3 is 14.4 Å². The molecular weight excluding hydrogens is 314 g/mol. The fourth-order valence-corrected chi connectivity index (χ4v) is 3.24. The molecule has 1 unspecified atom stereocenters. The Bertz CT molecular complexity index is 575. The molecule has 0 radical (unpaired) electrons. The summed E-state index contributed by atoms with van der Waals surface area (Å²) in [5, 5.41) is 9.76. The van der Waals surface area contributed by atoms with Gasteiger partial charge in [-0.15, -0.1) is 0 Å². The van der Waals surface area contributed by atoms with E-state index in [-0.39, 0.29) is 12.1 Å². The summed E-state index contributed by atoms with van der Waals surface area (Å²) in [4.78, 5) is 4.73. The van der Waals surface area contributed by atoms with Gasteiger partial charge in [-0.25, -0.2) is 0 Å². The zero-order chi connectivity index (χ0) is 18.2. The molecule has 1 saturated heterocycles. The van der Waals surface area contributed by atoms with E-state index in [0.717, 1.165) is 49.8 Å². The molecule has 1 aliphatic heterocycles. The highest BCUT2D eigenvalue weighted by Crippen LogP contribution is 2.33. The fourth-order valence-electron chi connectivity index (χ4n) is 3.24. The van der Waals surface area contributed by atoms with Crippen LogP contribution in [0.15, 0.2) is 18.2 Å². The average molecular weight is 345 g/mol. The Morgan fingerprint density at radius 3 is 2.40 bits per heavy atom. The van der Waals surface area contributed by atoms with Crippen molar-refractivity contribution in [1.82, 2.24) is 9.80 Å². The lowest BCUT2D eigenvalue weighted by molar-refractivity contribution is 0.114. The molecule has 1 aromatic carbocycles. The highest BCUT2D eigenvalue weighted by molar-refractivity contribution is 5.45. The fraction of sp³-hybridized carbons (Fsp3) is 0.650. The van der Waals surface area contributed by atoms with Crippen molar-refractivity contribution in [3.05, 3.63) is 23.8 Å². The second-order valence-electron chi connectivity index (χ2n) is 6.72. The van der Waals surface area contributed by atoms with Gasteiger partial charge in [0.15, 0.2) is 11.5 Å². The number of piperazine rings is 1. The zero-order valence-corrected chi connectivity index (χ0v) is 16.0. The van der Waals surface area contributed by atoms with Gasteiger partial charge in [-0.3, -0.25) is 4.90 Å². The third kappa shape index (κ3) is 5.35. The first-order valence-corrected chi connectivity index (χ1v) is 9.38. The Balaban J connectivity index is 2.15. The largest absolute Gasteiger partial charge is 0.490 e. The minimum Gasteiger partial charge on any atom is -0.490 e. The quantitative estimate of drug-likeness (QED) is 0.722. The van der Waals surface area contributed by atoms with Crippen molar-refractivity contribution in [2.45, 2.75) is 46.3 Å². The third-order valence-electron chi connectivity index (χ3n) is 4.38. The van der Waals surface area contributed by atoms with Crippen molar-refractivity contribution in [3.63, 3.8) is 0 Å². The first-order valence-electron chi connectivity index (χ1n) is 9.38. The van der Waals surface area contributed by atoms with Crippen molar-refractivity contribution >= 4 is 0 Å². The Kier molecular flexibility index (Phi) is 7.54. The molecule has 0 N–H and O–H groups in total. The van der Waals surface area contributed by atoms with Crippen LogP contribution in [0.5, 0.6) is 11.5 Å². The Hall–Kier alpha value is -1.77. The molecule has 25 heavy (non-hydrogen) atoms. The highest BCUT2D eigenvalue weighted by Gasteiger charge is 2.25. The summed E-state index contributed by atoms with van der Waals surface area (Å²) in [5.41, 5.74) is 0.978. The summed E-state index contributed by atoms with van der Waals surface area (Å²) < 4.78 is 11.6. The van der Waals surface area contributed by atoms with Gasteiger partial charge in [0.1, 0.15) is 6.04 Å². The molecule has 1 aromatic rings. The molecule has 1 heterocycles. The van der Waals surface area contributed by atoms with Crippen molar-refractivity contribution in [3.8, 4) is 17.6 Å². The normalized spacial score (nSPS) is 17.3. The van der Waals surface area contributed by atoms with Gasteiger partial charge >= 0.3 is 0 Å². The summed E-state index contributed by atoms with van der Waals surface area (Å²) in [5.74, 6) is 1.46. The van der Waals surface area contributed by atoms with Crippen molar-refractivity contribution in [2.75, 3.05) is 39.3 Å². The summed E-state index contributed by atoms with van der Waals surface area (Å²) >= 11 is 0. The summed E-state index contributed by atoms with van der Waals surface area (Å²) in [6.45, 7) is 13.8. The lowest BCUT2D eigenvalue weighted by atomic mass is 10.0. The summed E-state index contributed by atoms with van der Waals surface area (Å²) in [7, 11) is 0. The number of benzene rings is 1. The van der Waals surface area contributed by atoms with E-state index in [1.807, 2.05) is 39.0 Å². The van der Waals surface area contributed by atoms with E-state index >= 15 is 0 Å². The smallest absolute Gasteiger partial charge is 0.161 e. The van der Waals surface area contributed by atoms with Crippen LogP contribution in [0.4, 0.5) is 0 Å². The van der Waals surface area contributed by atoms with E-state index in [4.69, 9.17) is 9.47 Å². The Morgan fingerprint density at radius 1 is 1.12 bits per heavy atom. The zero-order valence-electron chi connectivity index (χ0n) is 16.0. The molecule has 138 valence electrons. The van der Waals surface area contributed by atoms with E-state index in [0.29, 0.717) is 6.61 Å². The van der Waals surface area contributed by atoms with Gasteiger partial charge in [0.05, 0.1) is 18.8 Å². The van der Waals surface area contributed by atoms with E-state index < -0.39 is 0 Å². The maximum atomic E-state index is 9.76. The predicted molar refractivity (Wildman–Crippen MR) is 100 cm³/mol. The van der Waals surface area contributed by atoms with Crippen LogP contribution in [0.1, 0.15) is 45.7 Å². The number of hydrogen-bond acceptors (Lipinski definition) is 5. The van der Waals surface area contributed by atoms with Gasteiger partial charge in [0.2, 0.25) is 0 Å². The van der Waals surface area contributed by atoms with Gasteiger partial charge in [-0.1, -0.05) is 13.0 Å². The molecule has 1 aliphatic rings. The maximum absolute atomic E-state index is 9.76. The molecule has 1 atom stereocenters. The Morgan fingerprint density at radius 2 is 1.84 bits per heavy atom. The van der Waals surface area contributed by atoms with Crippen LogP contribution in [0.2, 0.25) is 0 Å². The van der Waals surface area contributed by atoms with E-state index in [2.05, 4.69) is 22.8 Å². The SMILES string of the molecule is CCCN1CCN(C(C#N)c2ccc(OC(C)C)c(OCC)c2)CC1. The Labute approximate surface area is 152 Å². The number of ether oxygens (including phenoxy) is 2. The average Bonchev–Trinajstić information content (AvgIpc) is 2.59.